The zero-order chi connectivity index (χ0) is 13.0. The van der Waals surface area contributed by atoms with E-state index in [4.69, 9.17) is 10.5 Å². The number of rotatable bonds is 5. The molecule has 1 aromatic heterocycles. The molecule has 0 saturated heterocycles. The summed E-state index contributed by atoms with van der Waals surface area (Å²) in [6, 6.07) is 12.1. The predicted octanol–water partition coefficient (Wildman–Crippen LogP) is 3.89. The molecule has 0 aliphatic heterocycles. The Morgan fingerprint density at radius 2 is 2.00 bits per heavy atom. The van der Waals surface area contributed by atoms with Gasteiger partial charge in [0.15, 0.2) is 0 Å². The molecule has 0 amide bonds. The van der Waals surface area contributed by atoms with Gasteiger partial charge in [-0.1, -0.05) is 25.1 Å². The molecule has 1 aromatic carbocycles. The fraction of sp³-hybridized carbons (Fsp3) is 0.333. The molecular formula is C15H19NOS. The molecule has 2 rings (SSSR count). The van der Waals surface area contributed by atoms with Crippen LogP contribution in [0.5, 0.6) is 5.75 Å². The quantitative estimate of drug-likeness (QED) is 0.886. The normalized spacial score (nSPS) is 12.4. The third kappa shape index (κ3) is 2.92. The Bertz CT molecular complexity index is 507. The van der Waals surface area contributed by atoms with Crippen LogP contribution in [0.15, 0.2) is 36.4 Å². The van der Waals surface area contributed by atoms with Gasteiger partial charge in [0.2, 0.25) is 0 Å². The fourth-order valence-corrected chi connectivity index (χ4v) is 2.75. The maximum atomic E-state index is 6.33. The topological polar surface area (TPSA) is 35.2 Å². The summed E-state index contributed by atoms with van der Waals surface area (Å²) in [7, 11) is 0. The smallest absolute Gasteiger partial charge is 0.124 e. The highest BCUT2D eigenvalue weighted by Crippen LogP contribution is 2.31. The molecule has 0 aliphatic rings. The van der Waals surface area contributed by atoms with Crippen molar-refractivity contribution in [2.75, 3.05) is 6.61 Å². The Morgan fingerprint density at radius 3 is 2.67 bits per heavy atom. The third-order valence-corrected chi connectivity index (χ3v) is 3.87. The fourth-order valence-electron chi connectivity index (χ4n) is 1.85. The van der Waals surface area contributed by atoms with Crippen molar-refractivity contribution in [2.45, 2.75) is 26.3 Å². The summed E-state index contributed by atoms with van der Waals surface area (Å²) < 4.78 is 5.76. The van der Waals surface area contributed by atoms with Crippen molar-refractivity contribution in [3.8, 4) is 5.75 Å². The van der Waals surface area contributed by atoms with Gasteiger partial charge in [0.25, 0.3) is 0 Å². The summed E-state index contributed by atoms with van der Waals surface area (Å²) >= 11 is 1.74. The third-order valence-electron chi connectivity index (χ3n) is 2.78. The largest absolute Gasteiger partial charge is 0.493 e. The average Bonchev–Trinajstić information content (AvgIpc) is 2.82. The van der Waals surface area contributed by atoms with E-state index in [1.54, 1.807) is 11.3 Å². The highest BCUT2D eigenvalue weighted by molar-refractivity contribution is 7.12. The van der Waals surface area contributed by atoms with E-state index in [1.165, 1.54) is 9.75 Å². The molecule has 0 aliphatic carbocycles. The molecule has 1 unspecified atom stereocenters. The van der Waals surface area contributed by atoms with Gasteiger partial charge in [-0.15, -0.1) is 11.3 Å². The first-order valence-electron chi connectivity index (χ1n) is 6.26. The Hall–Kier alpha value is -1.32. The van der Waals surface area contributed by atoms with Gasteiger partial charge >= 0.3 is 0 Å². The molecule has 2 aromatic rings. The van der Waals surface area contributed by atoms with Crippen LogP contribution in [0.3, 0.4) is 0 Å². The van der Waals surface area contributed by atoms with E-state index >= 15 is 0 Å². The summed E-state index contributed by atoms with van der Waals surface area (Å²) in [6.45, 7) is 4.93. The Labute approximate surface area is 112 Å². The molecule has 0 spiro atoms. The Kier molecular flexibility index (Phi) is 4.39. The molecule has 0 saturated carbocycles. The standard InChI is InChI=1S/C15H19NOS/c1-3-10-17-13-7-5-4-6-12(13)15(16)14-9-8-11(2)18-14/h4-9,15H,3,10,16H2,1-2H3. The van der Waals surface area contributed by atoms with Crippen molar-refractivity contribution in [2.24, 2.45) is 5.73 Å². The van der Waals surface area contributed by atoms with Crippen LogP contribution in [0, 0.1) is 6.92 Å². The lowest BCUT2D eigenvalue weighted by molar-refractivity contribution is 0.313. The number of hydrogen-bond acceptors (Lipinski definition) is 3. The molecule has 0 radical (unpaired) electrons. The highest BCUT2D eigenvalue weighted by Gasteiger charge is 2.15. The van der Waals surface area contributed by atoms with Gasteiger partial charge in [-0.2, -0.15) is 0 Å². The molecule has 2 nitrogen and oxygen atoms in total. The van der Waals surface area contributed by atoms with E-state index in [9.17, 15) is 0 Å². The summed E-state index contributed by atoms with van der Waals surface area (Å²) in [5, 5.41) is 0. The zero-order valence-corrected chi connectivity index (χ0v) is 11.7. The van der Waals surface area contributed by atoms with Crippen LogP contribution in [0.1, 0.15) is 34.7 Å². The van der Waals surface area contributed by atoms with Gasteiger partial charge in [0.05, 0.1) is 12.6 Å². The lowest BCUT2D eigenvalue weighted by Crippen LogP contribution is -2.12. The van der Waals surface area contributed by atoms with E-state index in [1.807, 2.05) is 24.3 Å². The Balaban J connectivity index is 2.26. The maximum Gasteiger partial charge on any atom is 0.124 e. The van der Waals surface area contributed by atoms with Crippen LogP contribution >= 0.6 is 11.3 Å². The van der Waals surface area contributed by atoms with Crippen LogP contribution in [0.4, 0.5) is 0 Å². The summed E-state index contributed by atoms with van der Waals surface area (Å²) in [5.41, 5.74) is 7.40. The van der Waals surface area contributed by atoms with Crippen LogP contribution in [-0.2, 0) is 0 Å². The molecule has 0 bridgehead atoms. The van der Waals surface area contributed by atoms with Crippen molar-refractivity contribution < 1.29 is 4.74 Å². The maximum absolute atomic E-state index is 6.33. The number of ether oxygens (including phenoxy) is 1. The first-order valence-corrected chi connectivity index (χ1v) is 7.07. The van der Waals surface area contributed by atoms with E-state index in [0.29, 0.717) is 0 Å². The first-order chi connectivity index (χ1) is 8.72. The number of hydrogen-bond donors (Lipinski definition) is 1. The first kappa shape index (κ1) is 13.1. The van der Waals surface area contributed by atoms with Crippen molar-refractivity contribution in [1.82, 2.24) is 0 Å². The predicted molar refractivity (Wildman–Crippen MR) is 77.3 cm³/mol. The lowest BCUT2D eigenvalue weighted by Gasteiger charge is -2.15. The number of nitrogens with two attached hydrogens (primary N) is 1. The van der Waals surface area contributed by atoms with Gasteiger partial charge in [0, 0.05) is 15.3 Å². The molecule has 2 N–H and O–H groups in total. The molecule has 0 fully saturated rings. The van der Waals surface area contributed by atoms with Gasteiger partial charge in [-0.25, -0.2) is 0 Å². The molecule has 18 heavy (non-hydrogen) atoms. The van der Waals surface area contributed by atoms with Crippen LogP contribution in [0.25, 0.3) is 0 Å². The lowest BCUT2D eigenvalue weighted by atomic mass is 10.1. The molecule has 1 atom stereocenters. The SMILES string of the molecule is CCCOc1ccccc1C(N)c1ccc(C)s1. The highest BCUT2D eigenvalue weighted by atomic mass is 32.1. The number of benzene rings is 1. The molecule has 3 heteroatoms. The van der Waals surface area contributed by atoms with E-state index < -0.39 is 0 Å². The van der Waals surface area contributed by atoms with Crippen molar-refractivity contribution in [3.63, 3.8) is 0 Å². The minimum Gasteiger partial charge on any atom is -0.493 e. The van der Waals surface area contributed by atoms with Crippen molar-refractivity contribution in [3.05, 3.63) is 51.7 Å². The molecule has 1 heterocycles. The van der Waals surface area contributed by atoms with Gasteiger partial charge in [-0.3, -0.25) is 0 Å². The second kappa shape index (κ2) is 6.03. The summed E-state index contributed by atoms with van der Waals surface area (Å²) in [6.07, 6.45) is 1.00. The summed E-state index contributed by atoms with van der Waals surface area (Å²) in [4.78, 5) is 2.47. The Morgan fingerprint density at radius 1 is 1.22 bits per heavy atom. The van der Waals surface area contributed by atoms with E-state index in [-0.39, 0.29) is 6.04 Å². The monoisotopic (exact) mass is 261 g/mol. The number of para-hydroxylation sites is 1. The number of thiophene rings is 1. The minimum atomic E-state index is -0.100. The van der Waals surface area contributed by atoms with Gasteiger partial charge in [-0.05, 0) is 31.5 Å². The second-order valence-electron chi connectivity index (χ2n) is 4.31. The number of aryl methyl sites for hydroxylation is 1. The summed E-state index contributed by atoms with van der Waals surface area (Å²) in [5.74, 6) is 0.901. The van der Waals surface area contributed by atoms with Crippen LogP contribution < -0.4 is 10.5 Å². The van der Waals surface area contributed by atoms with Crippen LogP contribution in [-0.4, -0.2) is 6.61 Å². The van der Waals surface area contributed by atoms with Crippen LogP contribution in [0.2, 0.25) is 0 Å². The van der Waals surface area contributed by atoms with Gasteiger partial charge < -0.3 is 10.5 Å². The minimum absolute atomic E-state index is 0.100. The van der Waals surface area contributed by atoms with Gasteiger partial charge in [0.1, 0.15) is 5.75 Å². The van der Waals surface area contributed by atoms with Crippen molar-refractivity contribution >= 4 is 11.3 Å². The zero-order valence-electron chi connectivity index (χ0n) is 10.8. The molecule has 96 valence electrons. The molecular weight excluding hydrogens is 242 g/mol. The average molecular weight is 261 g/mol. The second-order valence-corrected chi connectivity index (χ2v) is 5.63. The van der Waals surface area contributed by atoms with E-state index in [0.717, 1.165) is 24.3 Å². The van der Waals surface area contributed by atoms with Crippen molar-refractivity contribution in [1.29, 1.82) is 0 Å². The van der Waals surface area contributed by atoms with E-state index in [2.05, 4.69) is 26.0 Å².